The molecular formula is C8H13N+2. The van der Waals surface area contributed by atoms with Gasteiger partial charge in [0, 0.05) is 6.54 Å². The Kier molecular flexibility index (Phi) is 2.28. The van der Waals surface area contributed by atoms with Crippen LogP contribution in [0.3, 0.4) is 0 Å². The van der Waals surface area contributed by atoms with Gasteiger partial charge in [0.25, 0.3) is 0 Å². The fourth-order valence-electron chi connectivity index (χ4n) is 0.800. The van der Waals surface area contributed by atoms with Crippen molar-refractivity contribution in [1.82, 2.24) is 5.32 Å². The fourth-order valence-corrected chi connectivity index (χ4v) is 0.800. The van der Waals surface area contributed by atoms with Crippen molar-refractivity contribution in [1.29, 1.82) is 0 Å². The molecule has 0 aliphatic heterocycles. The summed E-state index contributed by atoms with van der Waals surface area (Å²) in [6, 6.07) is 10.3. The molecule has 48 valence electrons. The van der Waals surface area contributed by atoms with Crippen LogP contribution in [0.1, 0.15) is 8.42 Å². The molecule has 0 bridgehead atoms. The number of benzene rings is 1. The Labute approximate surface area is 58.7 Å². The molecule has 1 heteroatoms. The molecule has 0 aliphatic carbocycles. The summed E-state index contributed by atoms with van der Waals surface area (Å²) in [7, 11) is 1.95. The minimum absolute atomic E-state index is 0. The molecular weight excluding hydrogens is 110 g/mol. The second kappa shape index (κ2) is 3.25. The lowest BCUT2D eigenvalue weighted by Crippen LogP contribution is -2.04. The highest BCUT2D eigenvalue weighted by Crippen LogP contribution is 1.95. The van der Waals surface area contributed by atoms with Crippen molar-refractivity contribution in [2.45, 2.75) is 6.54 Å². The van der Waals surface area contributed by atoms with Gasteiger partial charge in [-0.1, -0.05) is 30.3 Å². The van der Waals surface area contributed by atoms with Crippen LogP contribution in [-0.2, 0) is 6.54 Å². The maximum absolute atomic E-state index is 3.08. The van der Waals surface area contributed by atoms with Crippen LogP contribution in [0.4, 0.5) is 0 Å². The fraction of sp³-hybridized carbons (Fsp3) is 0.250. The molecule has 0 saturated carbocycles. The van der Waals surface area contributed by atoms with Gasteiger partial charge in [-0.3, -0.25) is 0 Å². The average Bonchev–Trinajstić information content (AvgIpc) is 1.91. The van der Waals surface area contributed by atoms with Gasteiger partial charge in [0.1, 0.15) is 0 Å². The maximum Gasteiger partial charge on any atom is 1.00 e. The third-order valence-corrected chi connectivity index (χ3v) is 1.22. The summed E-state index contributed by atoms with van der Waals surface area (Å²) in [5.74, 6) is 0. The lowest BCUT2D eigenvalue weighted by atomic mass is 10.2. The zero-order valence-electron chi connectivity index (χ0n) is 7.59. The van der Waals surface area contributed by atoms with Gasteiger partial charge < -0.3 is 5.32 Å². The Bertz CT molecular complexity index is 165. The SMILES string of the molecule is CNCc1ccccc1.[H+].[H+]. The molecule has 0 heterocycles. The molecule has 1 aromatic rings. The summed E-state index contributed by atoms with van der Waals surface area (Å²) in [5, 5.41) is 3.08. The van der Waals surface area contributed by atoms with E-state index in [2.05, 4.69) is 17.4 Å². The van der Waals surface area contributed by atoms with E-state index >= 15 is 0 Å². The normalized spacial score (nSPS) is 9.44. The highest BCUT2D eigenvalue weighted by atomic mass is 14.8. The third-order valence-electron chi connectivity index (χ3n) is 1.22. The maximum atomic E-state index is 3.08. The first-order valence-corrected chi connectivity index (χ1v) is 3.12. The molecule has 1 aromatic carbocycles. The van der Waals surface area contributed by atoms with Gasteiger partial charge in [-0.2, -0.15) is 0 Å². The Morgan fingerprint density at radius 3 is 2.56 bits per heavy atom. The lowest BCUT2D eigenvalue weighted by Gasteiger charge is -1.95. The zero-order chi connectivity index (χ0) is 6.53. The molecule has 0 saturated heterocycles. The predicted molar refractivity (Wildman–Crippen MR) is 41.4 cm³/mol. The van der Waals surface area contributed by atoms with Crippen LogP contribution < -0.4 is 5.32 Å². The van der Waals surface area contributed by atoms with Crippen molar-refractivity contribution in [2.24, 2.45) is 0 Å². The first kappa shape index (κ1) is 6.30. The smallest absolute Gasteiger partial charge is 0.316 e. The topological polar surface area (TPSA) is 12.0 Å². The highest BCUT2D eigenvalue weighted by molar-refractivity contribution is 5.13. The van der Waals surface area contributed by atoms with Gasteiger partial charge in [-0.25, -0.2) is 0 Å². The van der Waals surface area contributed by atoms with Gasteiger partial charge in [0.05, 0.1) is 0 Å². The average molecular weight is 123 g/mol. The van der Waals surface area contributed by atoms with E-state index in [9.17, 15) is 0 Å². The van der Waals surface area contributed by atoms with Crippen molar-refractivity contribution in [3.05, 3.63) is 35.9 Å². The molecule has 0 aliphatic rings. The van der Waals surface area contributed by atoms with Crippen molar-refractivity contribution in [2.75, 3.05) is 7.05 Å². The summed E-state index contributed by atoms with van der Waals surface area (Å²) in [5.41, 5.74) is 1.33. The van der Waals surface area contributed by atoms with Crippen molar-refractivity contribution in [3.8, 4) is 0 Å². The minimum Gasteiger partial charge on any atom is -0.316 e. The standard InChI is InChI=1S/C8H11N/c1-9-7-8-5-3-2-4-6-8/h2-6,9H,7H2,1H3/p+2. The molecule has 0 spiro atoms. The van der Waals surface area contributed by atoms with E-state index in [-0.39, 0.29) is 2.85 Å². The lowest BCUT2D eigenvalue weighted by molar-refractivity contribution is 0.818. The molecule has 1 rings (SSSR count). The van der Waals surface area contributed by atoms with Gasteiger partial charge in [0.15, 0.2) is 0 Å². The summed E-state index contributed by atoms with van der Waals surface area (Å²) < 4.78 is 0. The van der Waals surface area contributed by atoms with E-state index in [0.717, 1.165) is 6.54 Å². The molecule has 1 N–H and O–H groups in total. The number of rotatable bonds is 2. The molecule has 0 aromatic heterocycles. The molecule has 0 fully saturated rings. The van der Waals surface area contributed by atoms with Crippen LogP contribution in [0.5, 0.6) is 0 Å². The van der Waals surface area contributed by atoms with E-state index in [4.69, 9.17) is 0 Å². The van der Waals surface area contributed by atoms with Gasteiger partial charge in [-0.15, -0.1) is 0 Å². The Morgan fingerprint density at radius 1 is 1.33 bits per heavy atom. The van der Waals surface area contributed by atoms with Crippen LogP contribution in [0.2, 0.25) is 0 Å². The van der Waals surface area contributed by atoms with Gasteiger partial charge in [0.2, 0.25) is 0 Å². The summed E-state index contributed by atoms with van der Waals surface area (Å²) in [6.07, 6.45) is 0. The zero-order valence-corrected chi connectivity index (χ0v) is 5.59. The summed E-state index contributed by atoms with van der Waals surface area (Å²) in [4.78, 5) is 0. The van der Waals surface area contributed by atoms with Crippen LogP contribution >= 0.6 is 0 Å². The van der Waals surface area contributed by atoms with Crippen LogP contribution in [-0.4, -0.2) is 7.05 Å². The van der Waals surface area contributed by atoms with Crippen molar-refractivity contribution >= 4 is 0 Å². The second-order valence-electron chi connectivity index (χ2n) is 2.02. The molecule has 0 radical (unpaired) electrons. The third kappa shape index (κ3) is 1.86. The number of hydrogen-bond acceptors (Lipinski definition) is 1. The Morgan fingerprint density at radius 2 is 2.00 bits per heavy atom. The summed E-state index contributed by atoms with van der Waals surface area (Å²) in [6.45, 7) is 0.959. The van der Waals surface area contributed by atoms with Crippen molar-refractivity contribution in [3.63, 3.8) is 0 Å². The second-order valence-corrected chi connectivity index (χ2v) is 2.02. The molecule has 9 heavy (non-hydrogen) atoms. The van der Waals surface area contributed by atoms with E-state index in [1.54, 1.807) is 0 Å². The summed E-state index contributed by atoms with van der Waals surface area (Å²) >= 11 is 0. The molecule has 1 nitrogen and oxygen atoms in total. The van der Waals surface area contributed by atoms with E-state index in [1.165, 1.54) is 5.56 Å². The van der Waals surface area contributed by atoms with E-state index in [0.29, 0.717) is 0 Å². The monoisotopic (exact) mass is 123 g/mol. The highest BCUT2D eigenvalue weighted by Gasteiger charge is 1.83. The first-order chi connectivity index (χ1) is 4.43. The van der Waals surface area contributed by atoms with Crippen LogP contribution in [0.15, 0.2) is 30.3 Å². The molecule has 0 unspecified atom stereocenters. The van der Waals surface area contributed by atoms with Crippen LogP contribution in [0.25, 0.3) is 0 Å². The van der Waals surface area contributed by atoms with E-state index in [1.807, 2.05) is 25.2 Å². The van der Waals surface area contributed by atoms with Gasteiger partial charge in [-0.05, 0) is 12.6 Å². The Hall–Kier alpha value is -0.820. The molecule has 0 atom stereocenters. The number of nitrogens with one attached hydrogen (secondary N) is 1. The number of hydrogen-bond donors (Lipinski definition) is 1. The molecule has 0 amide bonds. The predicted octanol–water partition coefficient (Wildman–Crippen LogP) is 1.63. The largest absolute Gasteiger partial charge is 1.00 e. The van der Waals surface area contributed by atoms with Gasteiger partial charge >= 0.3 is 2.85 Å². The minimum atomic E-state index is 0. The van der Waals surface area contributed by atoms with Crippen molar-refractivity contribution < 1.29 is 2.85 Å². The Balaban J connectivity index is 0. The quantitative estimate of drug-likeness (QED) is 0.630. The van der Waals surface area contributed by atoms with E-state index < -0.39 is 0 Å². The first-order valence-electron chi connectivity index (χ1n) is 3.12. The van der Waals surface area contributed by atoms with Crippen LogP contribution in [0, 0.1) is 0 Å².